The minimum Gasteiger partial charge on any atom is -0.491 e. The molecule has 46 heavy (non-hydrogen) atoms. The fourth-order valence-electron chi connectivity index (χ4n) is 4.69. The van der Waals surface area contributed by atoms with E-state index in [4.69, 9.17) is 9.47 Å². The number of benzene rings is 3. The monoisotopic (exact) mass is 750 g/mol. The van der Waals surface area contributed by atoms with E-state index in [9.17, 15) is 0 Å². The van der Waals surface area contributed by atoms with Crippen LogP contribution < -0.4 is 9.47 Å². The Balaban J connectivity index is 1.11. The van der Waals surface area contributed by atoms with Crippen LogP contribution >= 0.6 is 31.9 Å². The van der Waals surface area contributed by atoms with Crippen molar-refractivity contribution < 1.29 is 9.47 Å². The molecule has 0 N–H and O–H groups in total. The standard InChI is InChI=1S/C34H40Br2N8O2/c1-41(2)17-19-45-33-11-5-25(21-29(33)35)13-15-43-23-31(37-39-43)27-7-9-28(10-8-27)32-24-44(40-38-32)16-14-26-6-12-34(30(36)22-26)46-20-18-42(3)4/h5-12,21-24H,13-20H2,1-4H3. The van der Waals surface area contributed by atoms with Crippen LogP contribution in [0.25, 0.3) is 22.5 Å². The van der Waals surface area contributed by atoms with Crippen molar-refractivity contribution in [3.63, 3.8) is 0 Å². The van der Waals surface area contributed by atoms with Gasteiger partial charge in [0.15, 0.2) is 0 Å². The van der Waals surface area contributed by atoms with Crippen LogP contribution in [0.2, 0.25) is 0 Å². The third-order valence-electron chi connectivity index (χ3n) is 7.40. The molecule has 0 saturated heterocycles. The normalized spacial score (nSPS) is 11.5. The summed E-state index contributed by atoms with van der Waals surface area (Å²) in [5, 5.41) is 17.5. The molecule has 0 fully saturated rings. The topological polar surface area (TPSA) is 86.4 Å². The maximum Gasteiger partial charge on any atom is 0.133 e. The summed E-state index contributed by atoms with van der Waals surface area (Å²) in [5.41, 5.74) is 6.08. The van der Waals surface area contributed by atoms with Crippen LogP contribution in [0.5, 0.6) is 11.5 Å². The average molecular weight is 753 g/mol. The van der Waals surface area contributed by atoms with Gasteiger partial charge in [-0.1, -0.05) is 46.8 Å². The molecule has 0 amide bonds. The van der Waals surface area contributed by atoms with Gasteiger partial charge in [-0.2, -0.15) is 0 Å². The molecule has 2 aromatic heterocycles. The van der Waals surface area contributed by atoms with Crippen LogP contribution in [-0.2, 0) is 25.9 Å². The van der Waals surface area contributed by atoms with Crippen molar-refractivity contribution >= 4 is 31.9 Å². The van der Waals surface area contributed by atoms with Crippen molar-refractivity contribution in [3.8, 4) is 34.0 Å². The molecule has 5 aromatic rings. The average Bonchev–Trinajstić information content (AvgIpc) is 3.71. The molecule has 0 aliphatic rings. The largest absolute Gasteiger partial charge is 0.491 e. The molecule has 0 spiro atoms. The van der Waals surface area contributed by atoms with E-state index < -0.39 is 0 Å². The predicted molar refractivity (Wildman–Crippen MR) is 188 cm³/mol. The van der Waals surface area contributed by atoms with E-state index in [1.165, 1.54) is 11.1 Å². The number of rotatable bonds is 16. The first-order valence-corrected chi connectivity index (χ1v) is 16.8. The van der Waals surface area contributed by atoms with Gasteiger partial charge in [0, 0.05) is 37.3 Å². The first kappa shape index (κ1) is 33.8. The zero-order valence-electron chi connectivity index (χ0n) is 26.7. The molecular weight excluding hydrogens is 712 g/mol. The fourth-order valence-corrected chi connectivity index (χ4v) is 5.77. The Bertz CT molecular complexity index is 1580. The minimum atomic E-state index is 0.649. The van der Waals surface area contributed by atoms with E-state index in [2.05, 4.69) is 111 Å². The maximum atomic E-state index is 5.87. The molecule has 3 aromatic carbocycles. The lowest BCUT2D eigenvalue weighted by atomic mass is 10.1. The molecule has 0 bridgehead atoms. The Morgan fingerprint density at radius 3 is 1.39 bits per heavy atom. The van der Waals surface area contributed by atoms with Crippen LogP contribution in [0.15, 0.2) is 82.0 Å². The number of hydrogen-bond acceptors (Lipinski definition) is 8. The summed E-state index contributed by atoms with van der Waals surface area (Å²) in [6.45, 7) is 4.50. The Morgan fingerprint density at radius 2 is 1.02 bits per heavy atom. The summed E-state index contributed by atoms with van der Waals surface area (Å²) >= 11 is 7.28. The number of halogens is 2. The van der Waals surface area contributed by atoms with E-state index in [1.54, 1.807) is 0 Å². The van der Waals surface area contributed by atoms with E-state index >= 15 is 0 Å². The molecule has 0 atom stereocenters. The SMILES string of the molecule is CN(C)CCOc1ccc(CCn2cc(-c3ccc(-c4cn(CCc5ccc(OCCN(C)C)c(Br)c5)nn4)cc3)nn2)cc1Br. The fraction of sp³-hybridized carbons (Fsp3) is 0.353. The van der Waals surface area contributed by atoms with Gasteiger partial charge in [-0.3, -0.25) is 9.36 Å². The highest BCUT2D eigenvalue weighted by Gasteiger charge is 2.10. The van der Waals surface area contributed by atoms with Crippen LogP contribution in [0.3, 0.4) is 0 Å². The molecule has 5 rings (SSSR count). The Morgan fingerprint density at radius 1 is 0.609 bits per heavy atom. The van der Waals surface area contributed by atoms with Crippen molar-refractivity contribution in [3.05, 3.63) is 93.1 Å². The number of nitrogens with zero attached hydrogens (tertiary/aromatic N) is 8. The van der Waals surface area contributed by atoms with Crippen LogP contribution in [0, 0.1) is 0 Å². The van der Waals surface area contributed by atoms with Crippen molar-refractivity contribution in [2.75, 3.05) is 54.5 Å². The number of hydrogen-bond donors (Lipinski definition) is 0. The Labute approximate surface area is 287 Å². The second-order valence-corrected chi connectivity index (χ2v) is 13.4. The summed E-state index contributed by atoms with van der Waals surface area (Å²) in [7, 11) is 8.14. The first-order chi connectivity index (χ1) is 22.2. The summed E-state index contributed by atoms with van der Waals surface area (Å²) in [6.07, 6.45) is 5.64. The zero-order chi connectivity index (χ0) is 32.5. The van der Waals surface area contributed by atoms with E-state index in [1.807, 2.05) is 62.1 Å². The molecule has 0 saturated carbocycles. The quantitative estimate of drug-likeness (QED) is 0.120. The van der Waals surface area contributed by atoms with Gasteiger partial charge in [0.2, 0.25) is 0 Å². The number of aryl methyl sites for hydroxylation is 4. The summed E-state index contributed by atoms with van der Waals surface area (Å²) in [5.74, 6) is 1.72. The van der Waals surface area contributed by atoms with Gasteiger partial charge >= 0.3 is 0 Å². The van der Waals surface area contributed by atoms with Gasteiger partial charge < -0.3 is 19.3 Å². The van der Waals surface area contributed by atoms with Gasteiger partial charge in [0.1, 0.15) is 36.1 Å². The van der Waals surface area contributed by atoms with Crippen molar-refractivity contribution in [2.24, 2.45) is 0 Å². The number of ether oxygens (including phenoxy) is 2. The molecular formula is C34H40Br2N8O2. The highest BCUT2D eigenvalue weighted by molar-refractivity contribution is 9.10. The molecule has 0 aliphatic carbocycles. The van der Waals surface area contributed by atoms with Crippen molar-refractivity contribution in [2.45, 2.75) is 25.9 Å². The van der Waals surface area contributed by atoms with E-state index in [0.717, 1.165) is 82.0 Å². The van der Waals surface area contributed by atoms with Crippen LogP contribution in [-0.4, -0.2) is 94.3 Å². The molecule has 0 aliphatic heterocycles. The van der Waals surface area contributed by atoms with Gasteiger partial charge in [0.05, 0.1) is 21.3 Å². The lowest BCUT2D eigenvalue weighted by molar-refractivity contribution is 0.260. The van der Waals surface area contributed by atoms with Crippen molar-refractivity contribution in [1.82, 2.24) is 39.8 Å². The summed E-state index contributed by atoms with van der Waals surface area (Å²) in [6, 6.07) is 20.7. The number of aromatic nitrogens is 6. The minimum absolute atomic E-state index is 0.649. The second-order valence-electron chi connectivity index (χ2n) is 11.6. The summed E-state index contributed by atoms with van der Waals surface area (Å²) < 4.78 is 17.4. The van der Waals surface area contributed by atoms with Crippen molar-refractivity contribution in [1.29, 1.82) is 0 Å². The van der Waals surface area contributed by atoms with Crippen LogP contribution in [0.4, 0.5) is 0 Å². The Hall–Kier alpha value is -3.58. The Kier molecular flexibility index (Phi) is 12.0. The molecule has 0 radical (unpaired) electrons. The lowest BCUT2D eigenvalue weighted by Crippen LogP contribution is -2.19. The molecule has 10 nitrogen and oxygen atoms in total. The highest BCUT2D eigenvalue weighted by atomic mass is 79.9. The second kappa shape index (κ2) is 16.3. The molecule has 0 unspecified atom stereocenters. The number of likely N-dealkylation sites (N-methyl/N-ethyl adjacent to an activating group) is 2. The first-order valence-electron chi connectivity index (χ1n) is 15.3. The molecule has 242 valence electrons. The van der Waals surface area contributed by atoms with E-state index in [0.29, 0.717) is 13.2 Å². The third kappa shape index (κ3) is 9.71. The lowest BCUT2D eigenvalue weighted by Gasteiger charge is -2.13. The summed E-state index contributed by atoms with van der Waals surface area (Å²) in [4.78, 5) is 4.20. The van der Waals surface area contributed by atoms with E-state index in [-0.39, 0.29) is 0 Å². The zero-order valence-corrected chi connectivity index (χ0v) is 29.9. The predicted octanol–water partition coefficient (Wildman–Crippen LogP) is 6.09. The molecule has 12 heteroatoms. The maximum absolute atomic E-state index is 5.87. The van der Waals surface area contributed by atoms with Gasteiger partial charge in [-0.15, -0.1) is 10.2 Å². The van der Waals surface area contributed by atoms with Gasteiger partial charge in [0.25, 0.3) is 0 Å². The van der Waals surface area contributed by atoms with Crippen LogP contribution in [0.1, 0.15) is 11.1 Å². The smallest absolute Gasteiger partial charge is 0.133 e. The third-order valence-corrected chi connectivity index (χ3v) is 8.64. The van der Waals surface area contributed by atoms with Gasteiger partial charge in [-0.05, 0) is 108 Å². The molecule has 2 heterocycles. The highest BCUT2D eigenvalue weighted by Crippen LogP contribution is 2.28. The van der Waals surface area contributed by atoms with Gasteiger partial charge in [-0.25, -0.2) is 0 Å².